The minimum absolute atomic E-state index is 0.0973. The lowest BCUT2D eigenvalue weighted by molar-refractivity contribution is -0.150. The maximum absolute atomic E-state index is 12.3. The van der Waals surface area contributed by atoms with E-state index in [4.69, 9.17) is 0 Å². The van der Waals surface area contributed by atoms with Gasteiger partial charge in [-0.2, -0.15) is 11.8 Å². The maximum atomic E-state index is 12.3. The van der Waals surface area contributed by atoms with E-state index < -0.39 is 11.4 Å². The third-order valence-corrected chi connectivity index (χ3v) is 6.10. The van der Waals surface area contributed by atoms with Gasteiger partial charge in [0.15, 0.2) is 0 Å². The monoisotopic (exact) mass is 314 g/mol. The Morgan fingerprint density at radius 3 is 2.67 bits per heavy atom. The van der Waals surface area contributed by atoms with E-state index in [0.29, 0.717) is 18.1 Å². The first-order chi connectivity index (χ1) is 10.1. The van der Waals surface area contributed by atoms with Gasteiger partial charge in [-0.15, -0.1) is 0 Å². The zero-order valence-electron chi connectivity index (χ0n) is 12.8. The summed E-state index contributed by atoms with van der Waals surface area (Å²) < 4.78 is 0. The van der Waals surface area contributed by atoms with Crippen LogP contribution in [-0.4, -0.2) is 52.6 Å². The van der Waals surface area contributed by atoms with Crippen molar-refractivity contribution in [3.05, 3.63) is 0 Å². The summed E-state index contributed by atoms with van der Waals surface area (Å²) in [5.41, 5.74) is -0.747. The number of nitrogens with zero attached hydrogens (tertiary/aromatic N) is 1. The molecule has 0 bridgehead atoms. The Morgan fingerprint density at radius 2 is 2.05 bits per heavy atom. The molecule has 2 rings (SSSR count). The van der Waals surface area contributed by atoms with Crippen molar-refractivity contribution < 1.29 is 14.7 Å². The molecule has 1 saturated carbocycles. The van der Waals surface area contributed by atoms with Crippen LogP contribution in [0.3, 0.4) is 0 Å². The van der Waals surface area contributed by atoms with Gasteiger partial charge in [-0.25, -0.2) is 4.79 Å². The van der Waals surface area contributed by atoms with Crippen LogP contribution in [-0.2, 0) is 4.79 Å². The first-order valence-electron chi connectivity index (χ1n) is 7.95. The number of rotatable bonds is 4. The van der Waals surface area contributed by atoms with Gasteiger partial charge in [0.2, 0.25) is 0 Å². The predicted octanol–water partition coefficient (Wildman–Crippen LogP) is 2.56. The molecular weight excluding hydrogens is 288 g/mol. The maximum Gasteiger partial charge on any atom is 0.317 e. The van der Waals surface area contributed by atoms with Crippen molar-refractivity contribution in [1.29, 1.82) is 0 Å². The zero-order valence-corrected chi connectivity index (χ0v) is 13.6. The Balaban J connectivity index is 1.88. The van der Waals surface area contributed by atoms with Gasteiger partial charge in [0.1, 0.15) is 0 Å². The van der Waals surface area contributed by atoms with Crippen LogP contribution < -0.4 is 5.32 Å². The average Bonchev–Trinajstić information content (AvgIpc) is 2.53. The summed E-state index contributed by atoms with van der Waals surface area (Å²) in [5, 5.41) is 12.9. The van der Waals surface area contributed by atoms with Gasteiger partial charge in [-0.05, 0) is 19.3 Å². The van der Waals surface area contributed by atoms with Crippen molar-refractivity contribution in [2.75, 3.05) is 25.4 Å². The van der Waals surface area contributed by atoms with Crippen LogP contribution in [0.5, 0.6) is 0 Å². The lowest BCUT2D eigenvalue weighted by Gasteiger charge is -2.36. The molecular formula is C15H26N2O3S. The molecule has 6 heteroatoms. The molecule has 0 aromatic carbocycles. The van der Waals surface area contributed by atoms with E-state index in [2.05, 4.69) is 12.2 Å². The van der Waals surface area contributed by atoms with E-state index in [1.165, 1.54) is 0 Å². The molecule has 0 radical (unpaired) electrons. The molecule has 120 valence electrons. The molecule has 1 aliphatic heterocycles. The van der Waals surface area contributed by atoms with Crippen molar-refractivity contribution in [1.82, 2.24) is 10.2 Å². The largest absolute Gasteiger partial charge is 0.481 e. The van der Waals surface area contributed by atoms with Gasteiger partial charge in [-0.1, -0.05) is 26.2 Å². The molecule has 1 saturated heterocycles. The number of nitrogens with one attached hydrogen (secondary N) is 1. The molecule has 2 amide bonds. The van der Waals surface area contributed by atoms with E-state index in [9.17, 15) is 14.7 Å². The van der Waals surface area contributed by atoms with E-state index in [1.807, 2.05) is 16.7 Å². The quantitative estimate of drug-likeness (QED) is 0.837. The van der Waals surface area contributed by atoms with Crippen LogP contribution in [0, 0.1) is 5.41 Å². The van der Waals surface area contributed by atoms with Crippen molar-refractivity contribution in [3.63, 3.8) is 0 Å². The number of aliphatic carboxylic acids is 1. The lowest BCUT2D eigenvalue weighted by atomic mass is 9.74. The first kappa shape index (κ1) is 16.5. The fourth-order valence-electron chi connectivity index (χ4n) is 3.20. The number of carbonyl (C=O) groups is 2. The predicted molar refractivity (Wildman–Crippen MR) is 84.7 cm³/mol. The number of carbonyl (C=O) groups excluding carboxylic acids is 1. The topological polar surface area (TPSA) is 69.6 Å². The van der Waals surface area contributed by atoms with Gasteiger partial charge >= 0.3 is 12.0 Å². The number of urea groups is 1. The molecule has 2 N–H and O–H groups in total. The molecule has 1 atom stereocenters. The highest BCUT2D eigenvalue weighted by Crippen LogP contribution is 2.36. The van der Waals surface area contributed by atoms with E-state index in [1.54, 1.807) is 0 Å². The number of thioether (sulfide) groups is 1. The molecule has 1 heterocycles. The van der Waals surface area contributed by atoms with Crippen LogP contribution in [0.1, 0.15) is 45.4 Å². The Labute approximate surface area is 130 Å². The third kappa shape index (κ3) is 4.05. The molecule has 0 aromatic rings. The normalized spacial score (nSPS) is 25.4. The van der Waals surface area contributed by atoms with Crippen molar-refractivity contribution >= 4 is 23.8 Å². The molecule has 1 unspecified atom stereocenters. The summed E-state index contributed by atoms with van der Waals surface area (Å²) in [6.45, 7) is 3.93. The summed E-state index contributed by atoms with van der Waals surface area (Å²) in [6.07, 6.45) is 5.41. The fraction of sp³-hybridized carbons (Fsp3) is 0.867. The first-order valence-corrected chi connectivity index (χ1v) is 9.00. The van der Waals surface area contributed by atoms with Crippen molar-refractivity contribution in [3.8, 4) is 0 Å². The van der Waals surface area contributed by atoms with Crippen LogP contribution in [0.15, 0.2) is 0 Å². The molecule has 2 fully saturated rings. The summed E-state index contributed by atoms with van der Waals surface area (Å²) in [5.74, 6) is 0.207. The summed E-state index contributed by atoms with van der Waals surface area (Å²) in [4.78, 5) is 25.7. The molecule has 0 aromatic heterocycles. The van der Waals surface area contributed by atoms with Crippen LogP contribution >= 0.6 is 11.8 Å². The lowest BCUT2D eigenvalue weighted by Crippen LogP contribution is -2.51. The Bertz CT molecular complexity index is 383. The number of amides is 2. The average molecular weight is 314 g/mol. The van der Waals surface area contributed by atoms with E-state index >= 15 is 0 Å². The van der Waals surface area contributed by atoms with Gasteiger partial charge in [0.25, 0.3) is 0 Å². The Hall–Kier alpha value is -0.910. The van der Waals surface area contributed by atoms with Gasteiger partial charge in [0.05, 0.1) is 5.41 Å². The summed E-state index contributed by atoms with van der Waals surface area (Å²) in [7, 11) is 0. The number of hydrogen-bond acceptors (Lipinski definition) is 3. The molecule has 5 nitrogen and oxygen atoms in total. The standard InChI is InChI=1S/C15H26N2O3S/c1-2-12-10-17(8-9-21-12)14(20)16-11-15(13(18)19)6-4-3-5-7-15/h12H,2-11H2,1H3,(H,16,20)(H,18,19). The molecule has 21 heavy (non-hydrogen) atoms. The second kappa shape index (κ2) is 7.38. The summed E-state index contributed by atoms with van der Waals surface area (Å²) >= 11 is 1.92. The highest BCUT2D eigenvalue weighted by Gasteiger charge is 2.40. The minimum Gasteiger partial charge on any atom is -0.481 e. The second-order valence-corrected chi connectivity index (χ2v) is 7.56. The van der Waals surface area contributed by atoms with Crippen LogP contribution in [0.4, 0.5) is 4.79 Å². The summed E-state index contributed by atoms with van der Waals surface area (Å²) in [6, 6.07) is -0.0973. The smallest absolute Gasteiger partial charge is 0.317 e. The Kier molecular flexibility index (Phi) is 5.79. The SMILES string of the molecule is CCC1CN(C(=O)NCC2(C(=O)O)CCCCC2)CCS1. The van der Waals surface area contributed by atoms with Crippen LogP contribution in [0.2, 0.25) is 0 Å². The van der Waals surface area contributed by atoms with Crippen molar-refractivity contribution in [2.24, 2.45) is 5.41 Å². The molecule has 0 spiro atoms. The highest BCUT2D eigenvalue weighted by molar-refractivity contribution is 8.00. The number of carboxylic acids is 1. The van der Waals surface area contributed by atoms with E-state index in [-0.39, 0.29) is 12.6 Å². The van der Waals surface area contributed by atoms with Crippen molar-refractivity contribution in [2.45, 2.75) is 50.7 Å². The fourth-order valence-corrected chi connectivity index (χ4v) is 4.38. The number of hydrogen-bond donors (Lipinski definition) is 2. The zero-order chi connectivity index (χ0) is 15.3. The van der Waals surface area contributed by atoms with E-state index in [0.717, 1.165) is 44.5 Å². The molecule has 2 aliphatic rings. The Morgan fingerprint density at radius 1 is 1.33 bits per heavy atom. The second-order valence-electron chi connectivity index (χ2n) is 6.15. The highest BCUT2D eigenvalue weighted by atomic mass is 32.2. The van der Waals surface area contributed by atoms with Gasteiger partial charge < -0.3 is 15.3 Å². The third-order valence-electron chi connectivity index (χ3n) is 4.72. The van der Waals surface area contributed by atoms with Gasteiger partial charge in [-0.3, -0.25) is 4.79 Å². The van der Waals surface area contributed by atoms with Crippen LogP contribution in [0.25, 0.3) is 0 Å². The number of carboxylic acid groups (broad SMARTS) is 1. The molecule has 1 aliphatic carbocycles. The van der Waals surface area contributed by atoms with Gasteiger partial charge in [0, 0.05) is 30.6 Å². The minimum atomic E-state index is -0.761.